The van der Waals surface area contributed by atoms with Crippen LogP contribution in [0, 0.1) is 0 Å². The quantitative estimate of drug-likeness (QED) is 0.691. The Bertz CT molecular complexity index is 1090. The maximum absolute atomic E-state index is 13.2. The van der Waals surface area contributed by atoms with Gasteiger partial charge in [-0.3, -0.25) is 0 Å². The Morgan fingerprint density at radius 1 is 1.19 bits per heavy atom. The Hall–Kier alpha value is -2.03. The molecule has 0 spiro atoms. The molecule has 1 fully saturated rings. The Labute approximate surface area is 155 Å². The van der Waals surface area contributed by atoms with E-state index in [4.69, 9.17) is 4.74 Å². The lowest BCUT2D eigenvalue weighted by molar-refractivity contribution is 0.357. The number of hydrogen-bond donors (Lipinski definition) is 0. The highest BCUT2D eigenvalue weighted by atomic mass is 32.2. The monoisotopic (exact) mass is 387 g/mol. The van der Waals surface area contributed by atoms with Crippen LogP contribution in [0.3, 0.4) is 0 Å². The first kappa shape index (κ1) is 16.2. The van der Waals surface area contributed by atoms with Gasteiger partial charge in [-0.1, -0.05) is 18.2 Å². The van der Waals surface area contributed by atoms with Crippen LogP contribution in [0.25, 0.3) is 11.0 Å². The molecule has 26 heavy (non-hydrogen) atoms. The van der Waals surface area contributed by atoms with E-state index in [1.807, 2.05) is 6.07 Å². The van der Waals surface area contributed by atoms with Crippen molar-refractivity contribution in [3.63, 3.8) is 0 Å². The van der Waals surface area contributed by atoms with Crippen molar-refractivity contribution < 1.29 is 13.2 Å². The highest BCUT2D eigenvalue weighted by Crippen LogP contribution is 2.35. The molecule has 5 rings (SSSR count). The molecule has 0 saturated carbocycles. The topological polar surface area (TPSA) is 72.4 Å². The van der Waals surface area contributed by atoms with Gasteiger partial charge >= 0.3 is 0 Å². The summed E-state index contributed by atoms with van der Waals surface area (Å²) in [5.74, 6) is 1.17. The van der Waals surface area contributed by atoms with Gasteiger partial charge in [-0.05, 0) is 41.7 Å². The Kier molecular flexibility index (Phi) is 3.73. The van der Waals surface area contributed by atoms with Gasteiger partial charge in [0.2, 0.25) is 10.0 Å². The summed E-state index contributed by atoms with van der Waals surface area (Å²) < 4.78 is 41.8. The number of ether oxygens (including phenoxy) is 1. The van der Waals surface area contributed by atoms with Crippen molar-refractivity contribution in [1.82, 2.24) is 13.1 Å². The van der Waals surface area contributed by atoms with Crippen LogP contribution < -0.4 is 4.74 Å². The number of sulfonamides is 1. The molecule has 1 atom stereocenters. The van der Waals surface area contributed by atoms with E-state index in [1.54, 1.807) is 22.5 Å². The Morgan fingerprint density at radius 3 is 3.04 bits per heavy atom. The van der Waals surface area contributed by atoms with Gasteiger partial charge in [0.15, 0.2) is 0 Å². The van der Waals surface area contributed by atoms with Gasteiger partial charge in [0.25, 0.3) is 0 Å². The number of nitrogens with zero attached hydrogens (tertiary/aromatic N) is 3. The molecule has 3 heterocycles. The van der Waals surface area contributed by atoms with E-state index in [9.17, 15) is 8.42 Å². The molecule has 2 aliphatic rings. The molecule has 134 valence electrons. The number of benzene rings is 2. The van der Waals surface area contributed by atoms with Crippen LogP contribution in [0.1, 0.15) is 23.5 Å². The van der Waals surface area contributed by atoms with Gasteiger partial charge in [0.05, 0.1) is 18.3 Å². The molecular weight excluding hydrogens is 370 g/mol. The van der Waals surface area contributed by atoms with Crippen LogP contribution in [0.5, 0.6) is 5.75 Å². The number of aromatic nitrogens is 2. The molecule has 8 heteroatoms. The first-order valence-corrected chi connectivity index (χ1v) is 10.8. The molecule has 0 amide bonds. The average molecular weight is 387 g/mol. The lowest BCUT2D eigenvalue weighted by Gasteiger charge is -2.17. The third kappa shape index (κ3) is 2.52. The number of hydrogen-bond acceptors (Lipinski definition) is 6. The van der Waals surface area contributed by atoms with E-state index in [1.165, 1.54) is 11.1 Å². The van der Waals surface area contributed by atoms with Crippen molar-refractivity contribution >= 4 is 32.8 Å². The normalized spacial score (nSPS) is 20.4. The molecule has 0 N–H and O–H groups in total. The van der Waals surface area contributed by atoms with Crippen LogP contribution in [0.4, 0.5) is 0 Å². The summed E-state index contributed by atoms with van der Waals surface area (Å²) >= 11 is 1.04. The molecule has 0 unspecified atom stereocenters. The van der Waals surface area contributed by atoms with E-state index < -0.39 is 10.0 Å². The van der Waals surface area contributed by atoms with Gasteiger partial charge in [0.1, 0.15) is 21.7 Å². The van der Waals surface area contributed by atoms with Crippen molar-refractivity contribution in [2.24, 2.45) is 0 Å². The fraction of sp³-hybridized carbons (Fsp3) is 0.333. The zero-order valence-corrected chi connectivity index (χ0v) is 15.6. The standard InChI is InChI=1S/C18H17N3O3S2/c22-26(23,17-3-1-2-15-18(17)20-25-19-15)21-8-6-14(11-21)12-4-5-16-13(10-12)7-9-24-16/h1-5,10,14H,6-9,11H2/t14-/m0/s1. The fourth-order valence-electron chi connectivity index (χ4n) is 3.81. The summed E-state index contributed by atoms with van der Waals surface area (Å²) in [4.78, 5) is 0.256. The van der Waals surface area contributed by atoms with E-state index in [0.29, 0.717) is 24.1 Å². The zero-order chi connectivity index (χ0) is 17.7. The summed E-state index contributed by atoms with van der Waals surface area (Å²) in [6.45, 7) is 1.75. The maximum atomic E-state index is 13.2. The molecule has 1 saturated heterocycles. The summed E-state index contributed by atoms with van der Waals surface area (Å²) in [6.07, 6.45) is 1.75. The van der Waals surface area contributed by atoms with Crippen molar-refractivity contribution in [3.05, 3.63) is 47.5 Å². The van der Waals surface area contributed by atoms with Crippen molar-refractivity contribution in [2.75, 3.05) is 19.7 Å². The van der Waals surface area contributed by atoms with Crippen molar-refractivity contribution in [2.45, 2.75) is 23.7 Å². The van der Waals surface area contributed by atoms with Crippen LogP contribution in [-0.2, 0) is 16.4 Å². The fourth-order valence-corrected chi connectivity index (χ4v) is 6.06. The van der Waals surface area contributed by atoms with Crippen LogP contribution in [-0.4, -0.2) is 41.2 Å². The maximum Gasteiger partial charge on any atom is 0.245 e. The summed E-state index contributed by atoms with van der Waals surface area (Å²) in [7, 11) is -3.57. The Morgan fingerprint density at radius 2 is 2.12 bits per heavy atom. The lowest BCUT2D eigenvalue weighted by Crippen LogP contribution is -2.28. The van der Waals surface area contributed by atoms with Gasteiger partial charge in [-0.15, -0.1) is 0 Å². The first-order chi connectivity index (χ1) is 12.6. The molecule has 0 radical (unpaired) electrons. The third-order valence-corrected chi connectivity index (χ3v) is 7.64. The third-order valence-electron chi connectivity index (χ3n) is 5.20. The molecular formula is C18H17N3O3S2. The predicted molar refractivity (Wildman–Crippen MR) is 99.2 cm³/mol. The predicted octanol–water partition coefficient (Wildman–Crippen LogP) is 2.80. The minimum Gasteiger partial charge on any atom is -0.493 e. The smallest absolute Gasteiger partial charge is 0.245 e. The molecule has 1 aromatic heterocycles. The minimum absolute atomic E-state index is 0.212. The summed E-state index contributed by atoms with van der Waals surface area (Å²) in [5.41, 5.74) is 3.52. The van der Waals surface area contributed by atoms with Crippen LogP contribution in [0.2, 0.25) is 0 Å². The highest BCUT2D eigenvalue weighted by molar-refractivity contribution is 7.89. The van der Waals surface area contributed by atoms with Gasteiger partial charge in [-0.25, -0.2) is 8.42 Å². The second-order valence-electron chi connectivity index (χ2n) is 6.70. The molecule has 3 aromatic rings. The number of rotatable bonds is 3. The van der Waals surface area contributed by atoms with Gasteiger partial charge in [0, 0.05) is 19.5 Å². The molecule has 0 bridgehead atoms. The highest BCUT2D eigenvalue weighted by Gasteiger charge is 2.35. The van der Waals surface area contributed by atoms with Gasteiger partial charge in [-0.2, -0.15) is 13.1 Å². The van der Waals surface area contributed by atoms with E-state index >= 15 is 0 Å². The summed E-state index contributed by atoms with van der Waals surface area (Å²) in [5, 5.41) is 0. The number of fused-ring (bicyclic) bond motifs is 2. The molecule has 2 aliphatic heterocycles. The SMILES string of the molecule is O=S(=O)(c1cccc2nsnc12)N1CC[C@H](c2ccc3c(c2)CCO3)C1. The largest absolute Gasteiger partial charge is 0.493 e. The molecule has 0 aliphatic carbocycles. The van der Waals surface area contributed by atoms with Gasteiger partial charge < -0.3 is 4.74 Å². The van der Waals surface area contributed by atoms with Crippen LogP contribution >= 0.6 is 11.7 Å². The molecule has 6 nitrogen and oxygen atoms in total. The second kappa shape index (κ2) is 6.00. The van der Waals surface area contributed by atoms with Crippen LogP contribution in [0.15, 0.2) is 41.3 Å². The lowest BCUT2D eigenvalue weighted by atomic mass is 9.96. The minimum atomic E-state index is -3.57. The average Bonchev–Trinajstić information content (AvgIpc) is 3.39. The molecule has 2 aromatic carbocycles. The van der Waals surface area contributed by atoms with E-state index in [2.05, 4.69) is 20.9 Å². The van der Waals surface area contributed by atoms with E-state index in [-0.39, 0.29) is 10.8 Å². The van der Waals surface area contributed by atoms with Crippen molar-refractivity contribution in [1.29, 1.82) is 0 Å². The van der Waals surface area contributed by atoms with Crippen molar-refractivity contribution in [3.8, 4) is 5.75 Å². The zero-order valence-electron chi connectivity index (χ0n) is 14.0. The van der Waals surface area contributed by atoms with E-state index in [0.717, 1.165) is 36.9 Å². The summed E-state index contributed by atoms with van der Waals surface area (Å²) in [6, 6.07) is 11.4. The Balaban J connectivity index is 1.44. The first-order valence-electron chi connectivity index (χ1n) is 8.60. The second-order valence-corrected chi connectivity index (χ2v) is 9.14.